The van der Waals surface area contributed by atoms with Crippen LogP contribution in [0, 0.1) is 0 Å². The van der Waals surface area contributed by atoms with Crippen molar-refractivity contribution in [3.8, 4) is 0 Å². The number of rotatable bonds is 4. The molecule has 0 aliphatic carbocycles. The molecule has 0 bridgehead atoms. The standard InChI is InChI=1S/C5H13ClO2Si/c1-5(6)4-9(7-2)8-3/h5,9H,4H2,1-3H3. The molecule has 0 aromatic heterocycles. The average molecular weight is 169 g/mol. The Balaban J connectivity index is 3.31. The summed E-state index contributed by atoms with van der Waals surface area (Å²) in [6.45, 7) is 1.94. The Morgan fingerprint density at radius 1 is 1.44 bits per heavy atom. The Hall–Kier alpha value is 0.427. The Labute approximate surface area is 63.0 Å². The van der Waals surface area contributed by atoms with Gasteiger partial charge in [-0.3, -0.25) is 0 Å². The van der Waals surface area contributed by atoms with Gasteiger partial charge in [-0.05, 0) is 6.92 Å². The van der Waals surface area contributed by atoms with Crippen LogP contribution < -0.4 is 0 Å². The van der Waals surface area contributed by atoms with E-state index < -0.39 is 9.28 Å². The zero-order chi connectivity index (χ0) is 7.28. The first kappa shape index (κ1) is 9.43. The van der Waals surface area contributed by atoms with E-state index in [2.05, 4.69) is 0 Å². The van der Waals surface area contributed by atoms with Crippen LogP contribution in [0.4, 0.5) is 0 Å². The maximum Gasteiger partial charge on any atom is 0.322 e. The van der Waals surface area contributed by atoms with Gasteiger partial charge in [-0.25, -0.2) is 0 Å². The van der Waals surface area contributed by atoms with Crippen molar-refractivity contribution in [1.82, 2.24) is 0 Å². The minimum absolute atomic E-state index is 0.168. The van der Waals surface area contributed by atoms with E-state index in [0.29, 0.717) is 0 Å². The Morgan fingerprint density at radius 2 is 1.89 bits per heavy atom. The summed E-state index contributed by atoms with van der Waals surface area (Å²) in [4.78, 5) is 0. The number of hydrogen-bond acceptors (Lipinski definition) is 2. The molecule has 0 amide bonds. The lowest BCUT2D eigenvalue weighted by atomic mass is 10.6. The molecule has 0 rings (SSSR count). The number of alkyl halides is 1. The lowest BCUT2D eigenvalue weighted by Gasteiger charge is -2.10. The molecule has 0 aromatic rings. The predicted octanol–water partition coefficient (Wildman–Crippen LogP) is 1.13. The van der Waals surface area contributed by atoms with Gasteiger partial charge < -0.3 is 8.85 Å². The van der Waals surface area contributed by atoms with Gasteiger partial charge in [0, 0.05) is 25.6 Å². The van der Waals surface area contributed by atoms with Crippen molar-refractivity contribution in [2.75, 3.05) is 14.2 Å². The van der Waals surface area contributed by atoms with E-state index in [1.165, 1.54) is 0 Å². The maximum absolute atomic E-state index is 5.70. The molecule has 0 aromatic carbocycles. The minimum atomic E-state index is -1.38. The van der Waals surface area contributed by atoms with Crippen LogP contribution in [0.3, 0.4) is 0 Å². The van der Waals surface area contributed by atoms with Crippen molar-refractivity contribution in [1.29, 1.82) is 0 Å². The van der Waals surface area contributed by atoms with Gasteiger partial charge >= 0.3 is 9.28 Å². The third-order valence-electron chi connectivity index (χ3n) is 1.04. The second-order valence-electron chi connectivity index (χ2n) is 1.92. The first-order valence-electron chi connectivity index (χ1n) is 2.90. The Morgan fingerprint density at radius 3 is 2.00 bits per heavy atom. The molecular formula is C5H13ClO2Si. The quantitative estimate of drug-likeness (QED) is 0.463. The molecule has 9 heavy (non-hydrogen) atoms. The fourth-order valence-corrected chi connectivity index (χ4v) is 2.10. The summed E-state index contributed by atoms with van der Waals surface area (Å²) in [6.07, 6.45) is 0. The van der Waals surface area contributed by atoms with Gasteiger partial charge in [-0.15, -0.1) is 11.6 Å². The van der Waals surface area contributed by atoms with E-state index in [0.717, 1.165) is 6.04 Å². The molecule has 1 atom stereocenters. The summed E-state index contributed by atoms with van der Waals surface area (Å²) in [6, 6.07) is 0.870. The maximum atomic E-state index is 5.70. The molecule has 56 valence electrons. The monoisotopic (exact) mass is 168 g/mol. The van der Waals surface area contributed by atoms with Crippen molar-refractivity contribution in [3.05, 3.63) is 0 Å². The minimum Gasteiger partial charge on any atom is -0.400 e. The van der Waals surface area contributed by atoms with Crippen molar-refractivity contribution in [2.45, 2.75) is 18.3 Å². The molecule has 0 spiro atoms. The lowest BCUT2D eigenvalue weighted by molar-refractivity contribution is 0.277. The highest BCUT2D eigenvalue weighted by Crippen LogP contribution is 2.05. The lowest BCUT2D eigenvalue weighted by Crippen LogP contribution is -2.21. The molecule has 1 unspecified atom stereocenters. The van der Waals surface area contributed by atoms with Crippen molar-refractivity contribution < 1.29 is 8.85 Å². The molecule has 0 saturated carbocycles. The second-order valence-corrected chi connectivity index (χ2v) is 4.94. The smallest absolute Gasteiger partial charge is 0.322 e. The van der Waals surface area contributed by atoms with E-state index >= 15 is 0 Å². The van der Waals surface area contributed by atoms with Crippen LogP contribution in [0.5, 0.6) is 0 Å². The number of halogens is 1. The van der Waals surface area contributed by atoms with Crippen LogP contribution >= 0.6 is 11.6 Å². The summed E-state index contributed by atoms with van der Waals surface area (Å²) in [5.74, 6) is 0. The molecule has 0 N–H and O–H groups in total. The van der Waals surface area contributed by atoms with E-state index in [1.54, 1.807) is 14.2 Å². The Bertz CT molecular complexity index is 66.0. The van der Waals surface area contributed by atoms with Gasteiger partial charge in [-0.2, -0.15) is 0 Å². The normalized spacial score (nSPS) is 14.3. The summed E-state index contributed by atoms with van der Waals surface area (Å²) in [5, 5.41) is 0.168. The summed E-state index contributed by atoms with van der Waals surface area (Å²) in [7, 11) is 1.95. The summed E-state index contributed by atoms with van der Waals surface area (Å²) >= 11 is 5.70. The number of hydrogen-bond donors (Lipinski definition) is 0. The van der Waals surface area contributed by atoms with Crippen molar-refractivity contribution in [3.63, 3.8) is 0 Å². The highest BCUT2D eigenvalue weighted by atomic mass is 35.5. The highest BCUT2D eigenvalue weighted by molar-refractivity contribution is 6.46. The molecule has 0 saturated heterocycles. The Kier molecular flexibility index (Phi) is 5.48. The van der Waals surface area contributed by atoms with Gasteiger partial charge in [0.1, 0.15) is 0 Å². The van der Waals surface area contributed by atoms with Crippen LogP contribution in [0.2, 0.25) is 6.04 Å². The molecule has 4 heteroatoms. The zero-order valence-electron chi connectivity index (χ0n) is 6.06. The second kappa shape index (κ2) is 5.23. The zero-order valence-corrected chi connectivity index (χ0v) is 7.97. The van der Waals surface area contributed by atoms with E-state index in [1.807, 2.05) is 6.92 Å². The molecule has 2 nitrogen and oxygen atoms in total. The molecule has 0 aliphatic rings. The average Bonchev–Trinajstić information content (AvgIpc) is 1.82. The van der Waals surface area contributed by atoms with Crippen LogP contribution in [0.25, 0.3) is 0 Å². The SMILES string of the molecule is CO[SiH](CC(C)Cl)OC. The molecular weight excluding hydrogens is 156 g/mol. The topological polar surface area (TPSA) is 18.5 Å². The van der Waals surface area contributed by atoms with E-state index in [9.17, 15) is 0 Å². The first-order valence-corrected chi connectivity index (χ1v) is 5.10. The van der Waals surface area contributed by atoms with Gasteiger partial charge in [0.25, 0.3) is 0 Å². The van der Waals surface area contributed by atoms with E-state index in [4.69, 9.17) is 20.5 Å². The van der Waals surface area contributed by atoms with Gasteiger partial charge in [0.05, 0.1) is 0 Å². The fraction of sp³-hybridized carbons (Fsp3) is 1.00. The fourth-order valence-electron chi connectivity index (χ4n) is 0.554. The van der Waals surface area contributed by atoms with Crippen LogP contribution in [0.1, 0.15) is 6.92 Å². The predicted molar refractivity (Wildman–Crippen MR) is 41.3 cm³/mol. The molecule has 0 aliphatic heterocycles. The summed E-state index contributed by atoms with van der Waals surface area (Å²) in [5.41, 5.74) is 0. The van der Waals surface area contributed by atoms with Gasteiger partial charge in [-0.1, -0.05) is 0 Å². The third kappa shape index (κ3) is 4.90. The highest BCUT2D eigenvalue weighted by Gasteiger charge is 2.11. The van der Waals surface area contributed by atoms with Crippen molar-refractivity contribution >= 4 is 20.9 Å². The van der Waals surface area contributed by atoms with Crippen molar-refractivity contribution in [2.24, 2.45) is 0 Å². The third-order valence-corrected chi connectivity index (χ3v) is 3.66. The van der Waals surface area contributed by atoms with Crippen LogP contribution in [-0.2, 0) is 8.85 Å². The van der Waals surface area contributed by atoms with Gasteiger partial charge in [0.2, 0.25) is 0 Å². The first-order chi connectivity index (χ1) is 4.20. The van der Waals surface area contributed by atoms with Gasteiger partial charge in [0.15, 0.2) is 0 Å². The summed E-state index contributed by atoms with van der Waals surface area (Å²) < 4.78 is 10.1. The molecule has 0 radical (unpaired) electrons. The molecule has 0 fully saturated rings. The molecule has 0 heterocycles. The van der Waals surface area contributed by atoms with Crippen LogP contribution in [-0.4, -0.2) is 28.9 Å². The van der Waals surface area contributed by atoms with Crippen LogP contribution in [0.15, 0.2) is 0 Å². The largest absolute Gasteiger partial charge is 0.400 e. The van der Waals surface area contributed by atoms with E-state index in [-0.39, 0.29) is 5.38 Å².